The molecule has 0 fully saturated rings. The van der Waals surface area contributed by atoms with E-state index >= 15 is 0 Å². The Hall–Kier alpha value is -3.73. The maximum Gasteiger partial charge on any atom is 0.266 e. The standard InChI is InChI=1S/C22H16N4O/c27-22-19-11-12-23-15-20(19)26-21(25(22)18-9-5-2-6-10-18)17(14-24-26)13-16-7-3-1-4-8-16/h1-12,14-15H,13H2. The van der Waals surface area contributed by atoms with Crippen molar-refractivity contribution in [2.24, 2.45) is 0 Å². The number of pyridine rings is 1. The van der Waals surface area contributed by atoms with Crippen LogP contribution < -0.4 is 5.56 Å². The van der Waals surface area contributed by atoms with Gasteiger partial charge < -0.3 is 0 Å². The Morgan fingerprint density at radius 3 is 2.37 bits per heavy atom. The molecule has 0 radical (unpaired) electrons. The molecule has 5 heteroatoms. The monoisotopic (exact) mass is 352 g/mol. The van der Waals surface area contributed by atoms with Crippen molar-refractivity contribution in [1.29, 1.82) is 0 Å². The highest BCUT2D eigenvalue weighted by molar-refractivity contribution is 5.81. The second-order valence-electron chi connectivity index (χ2n) is 6.44. The molecule has 5 aromatic rings. The minimum absolute atomic E-state index is 0.0686. The summed E-state index contributed by atoms with van der Waals surface area (Å²) in [7, 11) is 0. The van der Waals surface area contributed by atoms with E-state index in [1.54, 1.807) is 23.0 Å². The van der Waals surface area contributed by atoms with Crippen LogP contribution in [0.25, 0.3) is 22.2 Å². The van der Waals surface area contributed by atoms with E-state index in [2.05, 4.69) is 22.2 Å². The van der Waals surface area contributed by atoms with Crippen molar-refractivity contribution < 1.29 is 0 Å². The van der Waals surface area contributed by atoms with Gasteiger partial charge in [0.25, 0.3) is 5.56 Å². The fourth-order valence-electron chi connectivity index (χ4n) is 3.50. The Balaban J connectivity index is 1.88. The van der Waals surface area contributed by atoms with E-state index in [9.17, 15) is 4.79 Å². The van der Waals surface area contributed by atoms with Crippen molar-refractivity contribution in [3.05, 3.63) is 107 Å². The molecule has 0 saturated carbocycles. The second kappa shape index (κ2) is 6.21. The zero-order valence-electron chi connectivity index (χ0n) is 14.5. The van der Waals surface area contributed by atoms with Gasteiger partial charge in [-0.1, -0.05) is 48.5 Å². The predicted molar refractivity (Wildman–Crippen MR) is 105 cm³/mol. The summed E-state index contributed by atoms with van der Waals surface area (Å²) in [5, 5.41) is 5.18. The lowest BCUT2D eigenvalue weighted by atomic mass is 10.1. The third-order valence-electron chi connectivity index (χ3n) is 4.74. The van der Waals surface area contributed by atoms with Gasteiger partial charge in [-0.15, -0.1) is 0 Å². The number of hydrogen-bond donors (Lipinski definition) is 0. The average Bonchev–Trinajstić information content (AvgIpc) is 3.13. The summed E-state index contributed by atoms with van der Waals surface area (Å²) >= 11 is 0. The van der Waals surface area contributed by atoms with E-state index in [1.807, 2.05) is 59.2 Å². The molecule has 0 amide bonds. The maximum atomic E-state index is 13.3. The molecule has 2 aromatic carbocycles. The minimum atomic E-state index is -0.0686. The Morgan fingerprint density at radius 2 is 1.59 bits per heavy atom. The van der Waals surface area contributed by atoms with Gasteiger partial charge in [-0.05, 0) is 23.8 Å². The van der Waals surface area contributed by atoms with Gasteiger partial charge in [-0.2, -0.15) is 5.10 Å². The summed E-state index contributed by atoms with van der Waals surface area (Å²) in [5.74, 6) is 0. The summed E-state index contributed by atoms with van der Waals surface area (Å²) in [6.07, 6.45) is 5.87. The quantitative estimate of drug-likeness (QED) is 0.498. The summed E-state index contributed by atoms with van der Waals surface area (Å²) in [6, 6.07) is 21.6. The van der Waals surface area contributed by atoms with Gasteiger partial charge in [0, 0.05) is 18.2 Å². The van der Waals surface area contributed by atoms with Crippen LogP contribution in [0, 0.1) is 0 Å². The highest BCUT2D eigenvalue weighted by Gasteiger charge is 2.17. The lowest BCUT2D eigenvalue weighted by molar-refractivity contribution is 0.918. The van der Waals surface area contributed by atoms with Gasteiger partial charge in [0.1, 0.15) is 5.65 Å². The lowest BCUT2D eigenvalue weighted by Crippen LogP contribution is -2.22. The normalized spacial score (nSPS) is 11.3. The molecule has 3 heterocycles. The van der Waals surface area contributed by atoms with Crippen LogP contribution in [-0.2, 0) is 6.42 Å². The van der Waals surface area contributed by atoms with Crippen molar-refractivity contribution in [3.63, 3.8) is 0 Å². The van der Waals surface area contributed by atoms with E-state index in [-0.39, 0.29) is 5.56 Å². The highest BCUT2D eigenvalue weighted by atomic mass is 16.1. The Labute approximate surface area is 155 Å². The molecule has 0 aliphatic heterocycles. The molecule has 130 valence electrons. The van der Waals surface area contributed by atoms with Crippen LogP contribution in [0.1, 0.15) is 11.1 Å². The van der Waals surface area contributed by atoms with E-state index in [4.69, 9.17) is 0 Å². The van der Waals surface area contributed by atoms with Crippen LogP contribution in [0.5, 0.6) is 0 Å². The number of benzene rings is 2. The molecule has 5 nitrogen and oxygen atoms in total. The number of nitrogens with zero attached hydrogens (tertiary/aromatic N) is 4. The molecule has 0 bridgehead atoms. The number of aromatic nitrogens is 4. The van der Waals surface area contributed by atoms with E-state index in [1.165, 1.54) is 5.56 Å². The summed E-state index contributed by atoms with van der Waals surface area (Å²) in [5.41, 5.74) is 4.40. The van der Waals surface area contributed by atoms with Crippen LogP contribution in [0.4, 0.5) is 0 Å². The first-order valence-electron chi connectivity index (χ1n) is 8.77. The molecule has 0 N–H and O–H groups in total. The van der Waals surface area contributed by atoms with Crippen molar-refractivity contribution in [2.45, 2.75) is 6.42 Å². The second-order valence-corrected chi connectivity index (χ2v) is 6.44. The fraction of sp³-hybridized carbons (Fsp3) is 0.0455. The molecule has 3 aromatic heterocycles. The first kappa shape index (κ1) is 15.5. The Bertz CT molecular complexity index is 1300. The molecular weight excluding hydrogens is 336 g/mol. The van der Waals surface area contributed by atoms with Crippen molar-refractivity contribution in [3.8, 4) is 5.69 Å². The first-order valence-corrected chi connectivity index (χ1v) is 8.77. The third kappa shape index (κ3) is 2.52. The largest absolute Gasteiger partial charge is 0.268 e. The lowest BCUT2D eigenvalue weighted by Gasteiger charge is -2.12. The SMILES string of the molecule is O=c1c2ccncc2n2ncc(Cc3ccccc3)c2n1-c1ccccc1. The minimum Gasteiger partial charge on any atom is -0.268 e. The first-order chi connectivity index (χ1) is 13.3. The van der Waals surface area contributed by atoms with Crippen molar-refractivity contribution in [2.75, 3.05) is 0 Å². The van der Waals surface area contributed by atoms with E-state index < -0.39 is 0 Å². The molecule has 27 heavy (non-hydrogen) atoms. The van der Waals surface area contributed by atoms with Crippen LogP contribution in [0.15, 0.2) is 90.1 Å². The molecule has 0 saturated heterocycles. The maximum absolute atomic E-state index is 13.3. The molecule has 0 unspecified atom stereocenters. The number of rotatable bonds is 3. The van der Waals surface area contributed by atoms with Crippen LogP contribution in [0.3, 0.4) is 0 Å². The van der Waals surface area contributed by atoms with Gasteiger partial charge in [0.2, 0.25) is 0 Å². The van der Waals surface area contributed by atoms with Crippen LogP contribution in [-0.4, -0.2) is 19.2 Å². The van der Waals surface area contributed by atoms with Gasteiger partial charge >= 0.3 is 0 Å². The van der Waals surface area contributed by atoms with Gasteiger partial charge in [-0.3, -0.25) is 14.3 Å². The molecule has 5 rings (SSSR count). The van der Waals surface area contributed by atoms with Crippen LogP contribution >= 0.6 is 0 Å². The molecule has 0 atom stereocenters. The van der Waals surface area contributed by atoms with Crippen LogP contribution in [0.2, 0.25) is 0 Å². The molecular formula is C22H16N4O. The third-order valence-corrected chi connectivity index (χ3v) is 4.74. The molecule has 0 aliphatic carbocycles. The van der Waals surface area contributed by atoms with E-state index in [0.29, 0.717) is 17.3 Å². The molecule has 0 spiro atoms. The number of para-hydroxylation sites is 1. The van der Waals surface area contributed by atoms with Crippen molar-refractivity contribution >= 4 is 16.6 Å². The Kier molecular flexibility index (Phi) is 3.57. The zero-order chi connectivity index (χ0) is 18.2. The molecule has 0 aliphatic rings. The average molecular weight is 352 g/mol. The zero-order valence-corrected chi connectivity index (χ0v) is 14.5. The van der Waals surface area contributed by atoms with E-state index in [0.717, 1.165) is 16.9 Å². The van der Waals surface area contributed by atoms with Gasteiger partial charge in [-0.25, -0.2) is 4.52 Å². The summed E-state index contributed by atoms with van der Waals surface area (Å²) < 4.78 is 3.56. The van der Waals surface area contributed by atoms with Crippen molar-refractivity contribution in [1.82, 2.24) is 19.2 Å². The number of hydrogen-bond acceptors (Lipinski definition) is 3. The van der Waals surface area contributed by atoms with Gasteiger partial charge in [0.05, 0.1) is 29.0 Å². The predicted octanol–water partition coefficient (Wildman–Crippen LogP) is 3.62. The highest BCUT2D eigenvalue weighted by Crippen LogP contribution is 2.21. The number of fused-ring (bicyclic) bond motifs is 3. The topological polar surface area (TPSA) is 52.2 Å². The summed E-state index contributed by atoms with van der Waals surface area (Å²) in [6.45, 7) is 0. The smallest absolute Gasteiger partial charge is 0.266 e. The fourth-order valence-corrected chi connectivity index (χ4v) is 3.50. The summed E-state index contributed by atoms with van der Waals surface area (Å²) in [4.78, 5) is 17.5. The van der Waals surface area contributed by atoms with Gasteiger partial charge in [0.15, 0.2) is 0 Å². The Morgan fingerprint density at radius 1 is 0.852 bits per heavy atom.